The first-order valence-corrected chi connectivity index (χ1v) is 6.74. The summed E-state index contributed by atoms with van der Waals surface area (Å²) in [4.78, 5) is 2.35. The lowest BCUT2D eigenvalue weighted by atomic mass is 9.79. The highest BCUT2D eigenvalue weighted by Gasteiger charge is 2.21. The second kappa shape index (κ2) is 6.52. The van der Waals surface area contributed by atoms with E-state index in [1.54, 1.807) is 0 Å². The first-order chi connectivity index (χ1) is 7.09. The topological polar surface area (TPSA) is 3.24 Å². The van der Waals surface area contributed by atoms with Crippen LogP contribution in [0.15, 0.2) is 0 Å². The molecule has 1 atom stereocenters. The van der Waals surface area contributed by atoms with Crippen molar-refractivity contribution in [2.45, 2.75) is 52.4 Å². The van der Waals surface area contributed by atoms with Crippen LogP contribution in [0.5, 0.6) is 0 Å². The monoisotopic (exact) mass is 211 g/mol. The Labute approximate surface area is 96.2 Å². The molecule has 0 unspecified atom stereocenters. The van der Waals surface area contributed by atoms with Gasteiger partial charge >= 0.3 is 0 Å². The average Bonchev–Trinajstić information content (AvgIpc) is 2.17. The van der Waals surface area contributed by atoms with Gasteiger partial charge in [-0.2, -0.15) is 0 Å². The molecule has 0 aromatic carbocycles. The van der Waals surface area contributed by atoms with Crippen LogP contribution in [0, 0.1) is 17.8 Å². The quantitative estimate of drug-likeness (QED) is 0.669. The van der Waals surface area contributed by atoms with E-state index in [0.29, 0.717) is 0 Å². The first-order valence-electron chi connectivity index (χ1n) is 6.74. The van der Waals surface area contributed by atoms with Crippen molar-refractivity contribution in [1.29, 1.82) is 0 Å². The summed E-state index contributed by atoms with van der Waals surface area (Å²) in [5.74, 6) is 2.78. The van der Waals surface area contributed by atoms with Crippen molar-refractivity contribution in [2.75, 3.05) is 20.6 Å². The summed E-state index contributed by atoms with van der Waals surface area (Å²) in [5, 5.41) is 0. The molecular weight excluding hydrogens is 182 g/mol. The maximum absolute atomic E-state index is 2.39. The van der Waals surface area contributed by atoms with E-state index in [9.17, 15) is 0 Å². The van der Waals surface area contributed by atoms with Crippen molar-refractivity contribution < 1.29 is 0 Å². The number of nitrogens with zero attached hydrogens (tertiary/aromatic N) is 1. The van der Waals surface area contributed by atoms with Gasteiger partial charge in [0, 0.05) is 6.54 Å². The van der Waals surface area contributed by atoms with Crippen LogP contribution in [0.25, 0.3) is 0 Å². The van der Waals surface area contributed by atoms with E-state index in [1.165, 1.54) is 45.1 Å². The van der Waals surface area contributed by atoms with Gasteiger partial charge in [-0.15, -0.1) is 0 Å². The molecule has 15 heavy (non-hydrogen) atoms. The highest BCUT2D eigenvalue weighted by molar-refractivity contribution is 4.73. The lowest BCUT2D eigenvalue weighted by molar-refractivity contribution is 0.202. The van der Waals surface area contributed by atoms with Crippen molar-refractivity contribution in [1.82, 2.24) is 4.90 Å². The maximum atomic E-state index is 2.39. The maximum Gasteiger partial charge on any atom is 0.000610 e. The molecule has 0 spiro atoms. The summed E-state index contributed by atoms with van der Waals surface area (Å²) in [6.07, 6.45) is 8.91. The summed E-state index contributed by atoms with van der Waals surface area (Å²) < 4.78 is 0. The standard InChI is InChI=1S/C14H29N/c1-12(2)14(11-15(3)4)10-13-8-6-5-7-9-13/h12-14H,5-11H2,1-4H3/t14-/m0/s1. The van der Waals surface area contributed by atoms with E-state index in [-0.39, 0.29) is 0 Å². The Hall–Kier alpha value is -0.0400. The molecular formula is C14H29N. The van der Waals surface area contributed by atoms with Crippen LogP contribution in [0.3, 0.4) is 0 Å². The molecule has 0 N–H and O–H groups in total. The van der Waals surface area contributed by atoms with Crippen LogP contribution in [-0.2, 0) is 0 Å². The van der Waals surface area contributed by atoms with Gasteiger partial charge in [-0.25, -0.2) is 0 Å². The van der Waals surface area contributed by atoms with E-state index in [4.69, 9.17) is 0 Å². The Bertz CT molecular complexity index is 157. The molecule has 0 heterocycles. The normalized spacial score (nSPS) is 21.2. The summed E-state index contributed by atoms with van der Waals surface area (Å²) in [6.45, 7) is 6.04. The third kappa shape index (κ3) is 5.01. The predicted octanol–water partition coefficient (Wildman–Crippen LogP) is 3.79. The summed E-state index contributed by atoms with van der Waals surface area (Å²) in [6, 6.07) is 0. The molecule has 0 aromatic rings. The van der Waals surface area contributed by atoms with E-state index >= 15 is 0 Å². The summed E-state index contributed by atoms with van der Waals surface area (Å²) in [7, 11) is 4.41. The van der Waals surface area contributed by atoms with Gasteiger partial charge in [-0.3, -0.25) is 0 Å². The summed E-state index contributed by atoms with van der Waals surface area (Å²) >= 11 is 0. The smallest absolute Gasteiger partial charge is 0.000610 e. The lowest BCUT2D eigenvalue weighted by Crippen LogP contribution is -2.27. The first kappa shape index (κ1) is 13.0. The van der Waals surface area contributed by atoms with Crippen molar-refractivity contribution >= 4 is 0 Å². The Kier molecular flexibility index (Phi) is 5.66. The van der Waals surface area contributed by atoms with Crippen molar-refractivity contribution in [3.8, 4) is 0 Å². The van der Waals surface area contributed by atoms with Gasteiger partial charge in [-0.1, -0.05) is 46.0 Å². The van der Waals surface area contributed by atoms with Crippen molar-refractivity contribution in [2.24, 2.45) is 17.8 Å². The molecule has 0 amide bonds. The van der Waals surface area contributed by atoms with Crippen molar-refractivity contribution in [3.63, 3.8) is 0 Å². The van der Waals surface area contributed by atoms with Crippen LogP contribution in [0.1, 0.15) is 52.4 Å². The van der Waals surface area contributed by atoms with Crippen LogP contribution >= 0.6 is 0 Å². The zero-order valence-electron chi connectivity index (χ0n) is 11.1. The molecule has 1 aliphatic carbocycles. The fourth-order valence-corrected chi connectivity index (χ4v) is 2.88. The largest absolute Gasteiger partial charge is 0.309 e. The van der Waals surface area contributed by atoms with Gasteiger partial charge in [0.05, 0.1) is 0 Å². The molecule has 1 aliphatic rings. The minimum Gasteiger partial charge on any atom is -0.309 e. The van der Waals surface area contributed by atoms with E-state index < -0.39 is 0 Å². The SMILES string of the molecule is CC(C)[C@@H](CC1CCCCC1)CN(C)C. The lowest BCUT2D eigenvalue weighted by Gasteiger charge is -2.30. The van der Waals surface area contributed by atoms with Crippen LogP contribution in [0.4, 0.5) is 0 Å². The molecule has 0 aliphatic heterocycles. The zero-order chi connectivity index (χ0) is 11.3. The van der Waals surface area contributed by atoms with E-state index in [0.717, 1.165) is 17.8 Å². The third-order valence-electron chi connectivity index (χ3n) is 3.90. The molecule has 0 aromatic heterocycles. The molecule has 0 bridgehead atoms. The van der Waals surface area contributed by atoms with Crippen molar-refractivity contribution in [3.05, 3.63) is 0 Å². The number of rotatable bonds is 5. The van der Waals surface area contributed by atoms with Gasteiger partial charge in [0.15, 0.2) is 0 Å². The number of hydrogen-bond acceptors (Lipinski definition) is 1. The van der Waals surface area contributed by atoms with Gasteiger partial charge in [0.1, 0.15) is 0 Å². The molecule has 1 heteroatoms. The highest BCUT2D eigenvalue weighted by atomic mass is 15.1. The highest BCUT2D eigenvalue weighted by Crippen LogP contribution is 2.31. The molecule has 1 fully saturated rings. The van der Waals surface area contributed by atoms with E-state index in [2.05, 4.69) is 32.8 Å². The third-order valence-corrected chi connectivity index (χ3v) is 3.90. The molecule has 0 radical (unpaired) electrons. The molecule has 90 valence electrons. The van der Waals surface area contributed by atoms with Gasteiger partial charge in [0.25, 0.3) is 0 Å². The molecule has 0 saturated heterocycles. The van der Waals surface area contributed by atoms with Crippen LogP contribution < -0.4 is 0 Å². The number of hydrogen-bond donors (Lipinski definition) is 0. The van der Waals surface area contributed by atoms with Gasteiger partial charge < -0.3 is 4.90 Å². The Morgan fingerprint density at radius 3 is 2.13 bits per heavy atom. The fraction of sp³-hybridized carbons (Fsp3) is 1.00. The van der Waals surface area contributed by atoms with Crippen LogP contribution in [0.2, 0.25) is 0 Å². The van der Waals surface area contributed by atoms with Gasteiger partial charge in [-0.05, 0) is 38.3 Å². The minimum atomic E-state index is 0.842. The van der Waals surface area contributed by atoms with Gasteiger partial charge in [0.2, 0.25) is 0 Å². The second-order valence-electron chi connectivity index (χ2n) is 6.01. The molecule has 1 saturated carbocycles. The zero-order valence-corrected chi connectivity index (χ0v) is 11.1. The molecule has 1 rings (SSSR count). The fourth-order valence-electron chi connectivity index (χ4n) is 2.88. The van der Waals surface area contributed by atoms with Crippen LogP contribution in [-0.4, -0.2) is 25.5 Å². The molecule has 1 nitrogen and oxygen atoms in total. The average molecular weight is 211 g/mol. The minimum absolute atomic E-state index is 0.842. The Morgan fingerprint density at radius 2 is 1.67 bits per heavy atom. The summed E-state index contributed by atoms with van der Waals surface area (Å²) in [5.41, 5.74) is 0. The Balaban J connectivity index is 2.35. The second-order valence-corrected chi connectivity index (χ2v) is 6.01. The predicted molar refractivity (Wildman–Crippen MR) is 68.1 cm³/mol. The van der Waals surface area contributed by atoms with E-state index in [1.807, 2.05) is 0 Å². The Morgan fingerprint density at radius 1 is 1.07 bits per heavy atom.